The van der Waals surface area contributed by atoms with Crippen molar-refractivity contribution in [3.8, 4) is 0 Å². The van der Waals surface area contributed by atoms with E-state index in [1.54, 1.807) is 25.6 Å². The minimum Gasteiger partial charge on any atom is -0.335 e. The zero-order valence-corrected chi connectivity index (χ0v) is 24.5. The Morgan fingerprint density at radius 2 is 1.57 bits per heavy atom. The maximum Gasteiger partial charge on any atom is 0.384 e. The Hall–Kier alpha value is -2.97. The van der Waals surface area contributed by atoms with Crippen molar-refractivity contribution in [1.29, 1.82) is 0 Å². The van der Waals surface area contributed by atoms with Crippen molar-refractivity contribution in [3.63, 3.8) is 0 Å². The highest BCUT2D eigenvalue weighted by Gasteiger charge is 2.30. The molecule has 1 aliphatic heterocycles. The van der Waals surface area contributed by atoms with Crippen LogP contribution in [0.4, 0.5) is 5.69 Å². The summed E-state index contributed by atoms with van der Waals surface area (Å²) >= 11 is 1.74. The van der Waals surface area contributed by atoms with Gasteiger partial charge >= 0.3 is 7.60 Å². The summed E-state index contributed by atoms with van der Waals surface area (Å²) in [6, 6.07) is 29.5. The van der Waals surface area contributed by atoms with E-state index in [2.05, 4.69) is 94.5 Å². The Morgan fingerprint density at radius 1 is 0.875 bits per heavy atom. The number of aromatic nitrogens is 1. The van der Waals surface area contributed by atoms with Gasteiger partial charge in [-0.1, -0.05) is 66.4 Å². The highest BCUT2D eigenvalue weighted by atomic mass is 32.2. The lowest BCUT2D eigenvalue weighted by Gasteiger charge is -2.22. The van der Waals surface area contributed by atoms with Crippen LogP contribution in [-0.4, -0.2) is 25.9 Å². The normalized spacial score (nSPS) is 14.2. The van der Waals surface area contributed by atoms with Crippen LogP contribution in [0.2, 0.25) is 0 Å². The average molecular weight is 578 g/mol. The zero-order chi connectivity index (χ0) is 27.8. The molecule has 0 saturated carbocycles. The van der Waals surface area contributed by atoms with Crippen molar-refractivity contribution in [2.45, 2.75) is 31.7 Å². The van der Waals surface area contributed by atoms with Crippen LogP contribution >= 0.6 is 19.4 Å². The minimum atomic E-state index is -3.55. The largest absolute Gasteiger partial charge is 0.384 e. The molecule has 5 rings (SSSR count). The predicted octanol–water partition coefficient (Wildman–Crippen LogP) is 7.61. The lowest BCUT2D eigenvalue weighted by Crippen LogP contribution is -2.34. The first-order valence-corrected chi connectivity index (χ1v) is 16.1. The fourth-order valence-electron chi connectivity index (χ4n) is 4.65. The number of nitrogens with zero attached hydrogens (tertiary/aromatic N) is 2. The number of benzene rings is 3. The number of fused-ring (bicyclic) bond motifs is 2. The molecule has 2 heterocycles. The van der Waals surface area contributed by atoms with Crippen molar-refractivity contribution in [2.24, 2.45) is 0 Å². The summed E-state index contributed by atoms with van der Waals surface area (Å²) in [6.45, 7) is 5.48. The number of rotatable bonds is 13. The molecule has 0 radical (unpaired) electrons. The Kier molecular flexibility index (Phi) is 9.70. The second-order valence-corrected chi connectivity index (χ2v) is 12.3. The van der Waals surface area contributed by atoms with Crippen molar-refractivity contribution in [3.05, 3.63) is 107 Å². The van der Waals surface area contributed by atoms with Crippen LogP contribution in [0.25, 0.3) is 17.0 Å². The summed E-state index contributed by atoms with van der Waals surface area (Å²) in [7, 11) is -3.55. The molecular formula is C31H34N2O5PS+. The van der Waals surface area contributed by atoms with E-state index in [-0.39, 0.29) is 19.4 Å². The topological polar surface area (TPSA) is 61.1 Å². The van der Waals surface area contributed by atoms with Gasteiger partial charge in [0.1, 0.15) is 0 Å². The third-order valence-electron chi connectivity index (χ3n) is 6.45. The van der Waals surface area contributed by atoms with Crippen molar-refractivity contribution in [2.75, 3.05) is 30.8 Å². The second-order valence-electron chi connectivity index (χ2n) is 9.26. The van der Waals surface area contributed by atoms with Gasteiger partial charge in [0.2, 0.25) is 5.52 Å². The van der Waals surface area contributed by atoms with Gasteiger partial charge in [0.25, 0.3) is 0 Å². The molecular weight excluding hydrogens is 543 g/mol. The Labute approximate surface area is 239 Å². The molecule has 0 bridgehead atoms. The monoisotopic (exact) mass is 577 g/mol. The van der Waals surface area contributed by atoms with E-state index in [0.29, 0.717) is 13.0 Å². The van der Waals surface area contributed by atoms with Crippen LogP contribution in [0.1, 0.15) is 31.4 Å². The number of para-hydroxylation sites is 2. The van der Waals surface area contributed by atoms with Crippen LogP contribution in [0.15, 0.2) is 101 Å². The highest BCUT2D eigenvalue weighted by molar-refractivity contribution is 8.03. The van der Waals surface area contributed by atoms with Crippen LogP contribution in [0.3, 0.4) is 0 Å². The van der Waals surface area contributed by atoms with E-state index in [9.17, 15) is 4.57 Å². The number of anilines is 1. The SMILES string of the molecule is CCOOP(=O)(CCCN1/C(=C/c2cc[n+](Cc3ccccc3)c3ccccc23)Sc2ccccc21)OOCC. The fraction of sp³-hybridized carbons (Fsp3) is 0.258. The third kappa shape index (κ3) is 6.84. The molecule has 208 valence electrons. The molecule has 0 N–H and O–H groups in total. The molecule has 0 spiro atoms. The maximum atomic E-state index is 13.1. The number of hydrogen-bond acceptors (Lipinski definition) is 7. The van der Waals surface area contributed by atoms with E-state index in [4.69, 9.17) is 19.1 Å². The molecule has 40 heavy (non-hydrogen) atoms. The van der Waals surface area contributed by atoms with Gasteiger partial charge in [-0.25, -0.2) is 9.78 Å². The van der Waals surface area contributed by atoms with Gasteiger partial charge in [-0.15, -0.1) is 9.35 Å². The van der Waals surface area contributed by atoms with E-state index in [1.165, 1.54) is 21.4 Å². The highest BCUT2D eigenvalue weighted by Crippen LogP contribution is 2.51. The average Bonchev–Trinajstić information content (AvgIpc) is 3.34. The van der Waals surface area contributed by atoms with E-state index in [0.717, 1.165) is 22.8 Å². The van der Waals surface area contributed by atoms with Gasteiger partial charge in [0.15, 0.2) is 12.7 Å². The van der Waals surface area contributed by atoms with Crippen molar-refractivity contribution in [1.82, 2.24) is 0 Å². The molecule has 0 amide bonds. The summed E-state index contributed by atoms with van der Waals surface area (Å²) in [5, 5.41) is 2.29. The molecule has 7 nitrogen and oxygen atoms in total. The van der Waals surface area contributed by atoms with E-state index >= 15 is 0 Å². The molecule has 0 aliphatic carbocycles. The number of hydrogen-bond donors (Lipinski definition) is 0. The first-order valence-electron chi connectivity index (χ1n) is 13.5. The van der Waals surface area contributed by atoms with Gasteiger partial charge < -0.3 is 4.90 Å². The van der Waals surface area contributed by atoms with Gasteiger partial charge in [-0.2, -0.15) is 4.57 Å². The Bertz CT molecular complexity index is 1500. The number of thioether (sulfide) groups is 1. The van der Waals surface area contributed by atoms with Gasteiger partial charge in [0, 0.05) is 29.1 Å². The van der Waals surface area contributed by atoms with Crippen LogP contribution in [0, 0.1) is 0 Å². The number of pyridine rings is 1. The first-order chi connectivity index (χ1) is 19.6. The molecule has 0 saturated heterocycles. The first kappa shape index (κ1) is 28.6. The molecule has 1 aliphatic rings. The van der Waals surface area contributed by atoms with Gasteiger partial charge in [0.05, 0.1) is 35.5 Å². The molecule has 0 fully saturated rings. The standard InChI is InChI=1S/C31H34N2O5PS/c1-3-35-37-39(34,38-36-4-2)22-12-20-33-29-17-10-11-18-30(29)40-31(33)23-26-19-21-32(24-25-13-6-5-7-14-25)28-16-9-8-15-27(26)28/h5-11,13-19,21,23H,3-4,12,20,22,24H2,1-2H3/q+1. The van der Waals surface area contributed by atoms with Crippen LogP contribution in [0.5, 0.6) is 0 Å². The van der Waals surface area contributed by atoms with E-state index < -0.39 is 7.60 Å². The molecule has 1 aromatic heterocycles. The molecule has 0 atom stereocenters. The molecule has 4 aromatic rings. The Morgan fingerprint density at radius 3 is 2.35 bits per heavy atom. The predicted molar refractivity (Wildman–Crippen MR) is 160 cm³/mol. The van der Waals surface area contributed by atoms with E-state index in [1.807, 2.05) is 12.1 Å². The molecule has 3 aromatic carbocycles. The molecule has 0 unspecified atom stereocenters. The summed E-state index contributed by atoms with van der Waals surface area (Å²) in [4.78, 5) is 13.4. The zero-order valence-electron chi connectivity index (χ0n) is 22.8. The summed E-state index contributed by atoms with van der Waals surface area (Å²) in [5.74, 6) is 0. The second kappa shape index (κ2) is 13.6. The lowest BCUT2D eigenvalue weighted by molar-refractivity contribution is -0.662. The smallest absolute Gasteiger partial charge is 0.335 e. The summed E-state index contributed by atoms with van der Waals surface area (Å²) < 4.78 is 25.6. The summed E-state index contributed by atoms with van der Waals surface area (Å²) in [6.07, 6.45) is 5.12. The Balaban J connectivity index is 1.41. The maximum absolute atomic E-state index is 13.1. The van der Waals surface area contributed by atoms with Crippen molar-refractivity contribution >= 4 is 42.0 Å². The quantitative estimate of drug-likeness (QED) is 0.0702. The molecule has 9 heteroatoms. The van der Waals surface area contributed by atoms with Gasteiger partial charge in [-0.3, -0.25) is 4.57 Å². The van der Waals surface area contributed by atoms with Crippen LogP contribution in [-0.2, 0) is 30.2 Å². The van der Waals surface area contributed by atoms with Gasteiger partial charge in [-0.05, 0) is 50.1 Å². The minimum absolute atomic E-state index is 0.164. The fourth-order valence-corrected chi connectivity index (χ4v) is 7.03. The lowest BCUT2D eigenvalue weighted by atomic mass is 10.1. The third-order valence-corrected chi connectivity index (χ3v) is 9.09. The summed E-state index contributed by atoms with van der Waals surface area (Å²) in [5.41, 5.74) is 4.71. The van der Waals surface area contributed by atoms with Crippen LogP contribution < -0.4 is 9.47 Å². The van der Waals surface area contributed by atoms with Crippen molar-refractivity contribution < 1.29 is 28.3 Å².